The van der Waals surface area contributed by atoms with Crippen LogP contribution in [0, 0.1) is 47.3 Å². The molecule has 4 heteroatoms. The molecule has 8 unspecified atom stereocenters. The second-order valence-electron chi connectivity index (χ2n) is 11.8. The van der Waals surface area contributed by atoms with Crippen molar-refractivity contribution in [3.8, 4) is 0 Å². The molecule has 2 rings (SSSR count). The summed E-state index contributed by atoms with van der Waals surface area (Å²) in [5, 5.41) is 0. The normalized spacial score (nSPS) is 32.7. The van der Waals surface area contributed by atoms with Crippen molar-refractivity contribution in [1.29, 1.82) is 0 Å². The first-order valence-electron chi connectivity index (χ1n) is 13.6. The number of rotatable bonds is 9. The fourth-order valence-corrected chi connectivity index (χ4v) is 5.94. The minimum atomic E-state index is -0.516. The molecule has 190 valence electrons. The Morgan fingerprint density at radius 3 is 1.67 bits per heavy atom. The highest BCUT2D eigenvalue weighted by atomic mass is 16.6. The molecule has 2 saturated carbocycles. The minimum absolute atomic E-state index is 0.0494. The lowest BCUT2D eigenvalue weighted by Gasteiger charge is -2.38. The maximum absolute atomic E-state index is 13.4. The second kappa shape index (κ2) is 13.0. The number of allylic oxidation sites excluding steroid dienone is 2. The van der Waals surface area contributed by atoms with Crippen LogP contribution in [0.15, 0.2) is 12.2 Å². The Balaban J connectivity index is 2.11. The number of carbonyl (C=O) groups excluding carboxylic acids is 2. The molecule has 0 aromatic rings. The molecule has 0 bridgehead atoms. The summed E-state index contributed by atoms with van der Waals surface area (Å²) in [5.41, 5.74) is 0. The van der Waals surface area contributed by atoms with Gasteiger partial charge in [0, 0.05) is 0 Å². The summed E-state index contributed by atoms with van der Waals surface area (Å²) >= 11 is 0. The maximum Gasteiger partial charge on any atom is 0.310 e. The van der Waals surface area contributed by atoms with E-state index in [0.717, 1.165) is 25.7 Å². The van der Waals surface area contributed by atoms with Gasteiger partial charge in [0.05, 0.1) is 11.8 Å². The predicted molar refractivity (Wildman–Crippen MR) is 135 cm³/mol. The molecule has 4 nitrogen and oxygen atoms in total. The lowest BCUT2D eigenvalue weighted by atomic mass is 9.75. The van der Waals surface area contributed by atoms with Crippen molar-refractivity contribution >= 4 is 11.9 Å². The highest BCUT2D eigenvalue weighted by Gasteiger charge is 2.40. The third kappa shape index (κ3) is 7.86. The van der Waals surface area contributed by atoms with Crippen molar-refractivity contribution in [3.05, 3.63) is 12.2 Å². The van der Waals surface area contributed by atoms with Crippen LogP contribution in [0.2, 0.25) is 0 Å². The molecule has 8 atom stereocenters. The van der Waals surface area contributed by atoms with Crippen LogP contribution >= 0.6 is 0 Å². The third-order valence-electron chi connectivity index (χ3n) is 8.36. The molecule has 2 fully saturated rings. The van der Waals surface area contributed by atoms with E-state index in [1.54, 1.807) is 0 Å². The van der Waals surface area contributed by atoms with Crippen LogP contribution in [0.25, 0.3) is 0 Å². The third-order valence-corrected chi connectivity index (χ3v) is 8.36. The molecule has 0 aromatic heterocycles. The molecule has 0 aromatic carbocycles. The van der Waals surface area contributed by atoms with Crippen molar-refractivity contribution in [1.82, 2.24) is 0 Å². The molecule has 0 N–H and O–H groups in total. The van der Waals surface area contributed by atoms with Gasteiger partial charge in [-0.2, -0.15) is 0 Å². The van der Waals surface area contributed by atoms with Gasteiger partial charge in [-0.25, -0.2) is 0 Å². The van der Waals surface area contributed by atoms with E-state index in [1.165, 1.54) is 12.8 Å². The molecule has 0 amide bonds. The average Bonchev–Trinajstić information content (AvgIpc) is 2.73. The predicted octanol–water partition coefficient (Wildman–Crippen LogP) is 7.21. The summed E-state index contributed by atoms with van der Waals surface area (Å²) in [5.74, 6) is 1.38. The zero-order valence-corrected chi connectivity index (χ0v) is 22.5. The van der Waals surface area contributed by atoms with E-state index in [9.17, 15) is 9.59 Å². The van der Waals surface area contributed by atoms with Crippen LogP contribution < -0.4 is 0 Å². The fraction of sp³-hybridized carbons (Fsp3) is 0.862. The summed E-state index contributed by atoms with van der Waals surface area (Å²) in [6.07, 6.45) is 10.7. The molecule has 33 heavy (non-hydrogen) atoms. The highest BCUT2D eigenvalue weighted by molar-refractivity contribution is 5.82. The van der Waals surface area contributed by atoms with E-state index >= 15 is 0 Å². The monoisotopic (exact) mass is 462 g/mol. The molecule has 0 saturated heterocycles. The Morgan fingerprint density at radius 2 is 1.24 bits per heavy atom. The lowest BCUT2D eigenvalue weighted by Crippen LogP contribution is -2.41. The molecular formula is C29H50O4. The Kier molecular flexibility index (Phi) is 11.0. The van der Waals surface area contributed by atoms with Gasteiger partial charge in [0.25, 0.3) is 0 Å². The summed E-state index contributed by atoms with van der Waals surface area (Å²) in [4.78, 5) is 26.6. The number of carbonyl (C=O) groups is 2. The van der Waals surface area contributed by atoms with Crippen LogP contribution in [-0.4, -0.2) is 24.1 Å². The standard InChI is InChI=1S/C29H50O4/c1-9-10-11-25(29(31)33-27-17-21(7)13-15-24(27)19(4)5)22(8)28(30)32-26-16-20(6)12-14-23(26)18(2)3/h9-10,18-27H,11-17H2,1-8H3/b10-9+. The van der Waals surface area contributed by atoms with Gasteiger partial charge in [-0.05, 0) is 74.5 Å². The molecule has 0 heterocycles. The van der Waals surface area contributed by atoms with Gasteiger partial charge in [-0.15, -0.1) is 0 Å². The van der Waals surface area contributed by atoms with Crippen molar-refractivity contribution in [3.63, 3.8) is 0 Å². The molecule has 0 radical (unpaired) electrons. The number of hydrogen-bond acceptors (Lipinski definition) is 4. The number of esters is 2. The molecule has 0 aliphatic heterocycles. The van der Waals surface area contributed by atoms with Crippen molar-refractivity contribution in [2.45, 2.75) is 113 Å². The molecular weight excluding hydrogens is 412 g/mol. The van der Waals surface area contributed by atoms with Crippen molar-refractivity contribution in [2.75, 3.05) is 0 Å². The van der Waals surface area contributed by atoms with Crippen LogP contribution in [-0.2, 0) is 19.1 Å². The van der Waals surface area contributed by atoms with Crippen LogP contribution in [0.4, 0.5) is 0 Å². The largest absolute Gasteiger partial charge is 0.462 e. The van der Waals surface area contributed by atoms with Crippen LogP contribution in [0.5, 0.6) is 0 Å². The summed E-state index contributed by atoms with van der Waals surface area (Å²) < 4.78 is 12.3. The fourth-order valence-electron chi connectivity index (χ4n) is 5.94. The van der Waals surface area contributed by atoms with E-state index < -0.39 is 11.8 Å². The Morgan fingerprint density at radius 1 is 0.788 bits per heavy atom. The first-order valence-corrected chi connectivity index (χ1v) is 13.6. The summed E-state index contributed by atoms with van der Waals surface area (Å²) in [6.45, 7) is 17.1. The SMILES string of the molecule is C/C=C/CC(C(=O)OC1CC(C)CCC1C(C)C)C(C)C(=O)OC1CC(C)CCC1C(C)C. The smallest absolute Gasteiger partial charge is 0.310 e. The number of hydrogen-bond donors (Lipinski definition) is 0. The maximum atomic E-state index is 13.4. The topological polar surface area (TPSA) is 52.6 Å². The summed E-state index contributed by atoms with van der Waals surface area (Å²) in [6, 6.07) is 0. The van der Waals surface area contributed by atoms with Gasteiger partial charge in [-0.1, -0.05) is 73.5 Å². The van der Waals surface area contributed by atoms with Gasteiger partial charge >= 0.3 is 11.9 Å². The van der Waals surface area contributed by atoms with Gasteiger partial charge < -0.3 is 9.47 Å². The minimum Gasteiger partial charge on any atom is -0.462 e. The highest BCUT2D eigenvalue weighted by Crippen LogP contribution is 2.38. The zero-order valence-electron chi connectivity index (χ0n) is 22.5. The molecule has 2 aliphatic carbocycles. The second-order valence-corrected chi connectivity index (χ2v) is 11.8. The van der Waals surface area contributed by atoms with E-state index in [1.807, 2.05) is 26.0 Å². The average molecular weight is 463 g/mol. The van der Waals surface area contributed by atoms with Crippen LogP contribution in [0.3, 0.4) is 0 Å². The summed E-state index contributed by atoms with van der Waals surface area (Å²) in [7, 11) is 0. The lowest BCUT2D eigenvalue weighted by molar-refractivity contribution is -0.173. The Hall–Kier alpha value is -1.32. The van der Waals surface area contributed by atoms with E-state index in [4.69, 9.17) is 9.47 Å². The first-order chi connectivity index (χ1) is 15.5. The van der Waals surface area contributed by atoms with E-state index in [0.29, 0.717) is 41.9 Å². The van der Waals surface area contributed by atoms with Gasteiger partial charge in [0.2, 0.25) is 0 Å². The van der Waals surface area contributed by atoms with Gasteiger partial charge in [0.1, 0.15) is 12.2 Å². The van der Waals surface area contributed by atoms with Gasteiger partial charge in [-0.3, -0.25) is 9.59 Å². The zero-order chi connectivity index (χ0) is 24.7. The van der Waals surface area contributed by atoms with Crippen molar-refractivity contribution in [2.24, 2.45) is 47.3 Å². The first kappa shape index (κ1) is 27.9. The van der Waals surface area contributed by atoms with Crippen molar-refractivity contribution < 1.29 is 19.1 Å². The van der Waals surface area contributed by atoms with Gasteiger partial charge in [0.15, 0.2) is 0 Å². The van der Waals surface area contributed by atoms with E-state index in [-0.39, 0.29) is 24.1 Å². The van der Waals surface area contributed by atoms with E-state index in [2.05, 4.69) is 41.5 Å². The van der Waals surface area contributed by atoms with Crippen LogP contribution in [0.1, 0.15) is 100 Å². The molecule has 0 spiro atoms. The number of ether oxygens (including phenoxy) is 2. The Labute approximate surface area is 203 Å². The molecule has 2 aliphatic rings. The Bertz CT molecular complexity index is 652. The quantitative estimate of drug-likeness (QED) is 0.268.